The van der Waals surface area contributed by atoms with Crippen LogP contribution in [0.4, 0.5) is 0 Å². The van der Waals surface area contributed by atoms with Gasteiger partial charge in [0.05, 0.1) is 10.8 Å². The summed E-state index contributed by atoms with van der Waals surface area (Å²) in [6.07, 6.45) is 2.83. The van der Waals surface area contributed by atoms with E-state index in [1.165, 1.54) is 4.31 Å². The maximum atomic E-state index is 13.0. The smallest absolute Gasteiger partial charge is 0.309 e. The molecule has 0 saturated carbocycles. The molecule has 0 radical (unpaired) electrons. The first-order valence-corrected chi connectivity index (χ1v) is 11.8. The van der Waals surface area contributed by atoms with E-state index < -0.39 is 10.0 Å². The lowest BCUT2D eigenvalue weighted by molar-refractivity contribution is -0.151. The van der Waals surface area contributed by atoms with E-state index in [4.69, 9.17) is 4.74 Å². The molecule has 1 aromatic carbocycles. The van der Waals surface area contributed by atoms with Crippen molar-refractivity contribution in [2.24, 2.45) is 5.92 Å². The fourth-order valence-corrected chi connectivity index (χ4v) is 5.30. The van der Waals surface area contributed by atoms with Crippen LogP contribution >= 0.6 is 0 Å². The largest absolute Gasteiger partial charge is 0.457 e. The number of nitrogens with zero attached hydrogens (tertiary/aromatic N) is 5. The SMILES string of the molecule is CCCCn1nnnc1COC(=O)C1CCN(S(=O)(=O)c2ccc(C)cc2C)CC1. The number of carbonyl (C=O) groups is 1. The number of hydrogen-bond acceptors (Lipinski definition) is 7. The topological polar surface area (TPSA) is 107 Å². The number of sulfonamides is 1. The highest BCUT2D eigenvalue weighted by Gasteiger charge is 2.33. The second kappa shape index (κ2) is 9.65. The van der Waals surface area contributed by atoms with Gasteiger partial charge in [-0.25, -0.2) is 13.1 Å². The summed E-state index contributed by atoms with van der Waals surface area (Å²) >= 11 is 0. The average Bonchev–Trinajstić information content (AvgIpc) is 3.17. The van der Waals surface area contributed by atoms with Crippen molar-refractivity contribution < 1.29 is 17.9 Å². The Hall–Kier alpha value is -2.33. The van der Waals surface area contributed by atoms with E-state index in [1.54, 1.807) is 23.7 Å². The Morgan fingerprint density at radius 2 is 1.97 bits per heavy atom. The molecule has 3 rings (SSSR count). The third kappa shape index (κ3) is 5.04. The van der Waals surface area contributed by atoms with Gasteiger partial charge in [-0.3, -0.25) is 4.79 Å². The minimum atomic E-state index is -3.57. The Bertz CT molecular complexity index is 981. The lowest BCUT2D eigenvalue weighted by atomic mass is 9.98. The van der Waals surface area contributed by atoms with Crippen LogP contribution in [-0.2, 0) is 32.7 Å². The van der Waals surface area contributed by atoms with Crippen molar-refractivity contribution in [3.63, 3.8) is 0 Å². The highest BCUT2D eigenvalue weighted by atomic mass is 32.2. The molecule has 0 N–H and O–H groups in total. The van der Waals surface area contributed by atoms with Gasteiger partial charge in [0.2, 0.25) is 10.0 Å². The van der Waals surface area contributed by atoms with Gasteiger partial charge in [-0.1, -0.05) is 31.0 Å². The molecule has 1 aromatic heterocycles. The molecular weight excluding hydrogens is 406 g/mol. The van der Waals surface area contributed by atoms with Crippen LogP contribution in [0.3, 0.4) is 0 Å². The van der Waals surface area contributed by atoms with Gasteiger partial charge in [0.25, 0.3) is 0 Å². The summed E-state index contributed by atoms with van der Waals surface area (Å²) in [6.45, 7) is 7.12. The van der Waals surface area contributed by atoms with Crippen molar-refractivity contribution in [3.05, 3.63) is 35.2 Å². The summed E-state index contributed by atoms with van der Waals surface area (Å²) in [5.74, 6) is -0.134. The number of aryl methyl sites for hydroxylation is 3. The molecule has 10 heteroatoms. The molecule has 0 aliphatic carbocycles. The lowest BCUT2D eigenvalue weighted by Crippen LogP contribution is -2.40. The van der Waals surface area contributed by atoms with Crippen molar-refractivity contribution in [3.8, 4) is 0 Å². The van der Waals surface area contributed by atoms with Crippen LogP contribution in [0.25, 0.3) is 0 Å². The van der Waals surface area contributed by atoms with E-state index in [0.717, 1.165) is 24.0 Å². The fourth-order valence-electron chi connectivity index (χ4n) is 3.62. The van der Waals surface area contributed by atoms with Crippen LogP contribution in [0.1, 0.15) is 49.6 Å². The molecule has 9 nitrogen and oxygen atoms in total. The van der Waals surface area contributed by atoms with E-state index in [1.807, 2.05) is 13.0 Å². The molecule has 30 heavy (non-hydrogen) atoms. The highest BCUT2D eigenvalue weighted by Crippen LogP contribution is 2.27. The Kier molecular flexibility index (Phi) is 7.19. The van der Waals surface area contributed by atoms with Gasteiger partial charge in [-0.05, 0) is 55.2 Å². The number of hydrogen-bond donors (Lipinski definition) is 0. The van der Waals surface area contributed by atoms with Gasteiger partial charge < -0.3 is 4.74 Å². The van der Waals surface area contributed by atoms with Crippen LogP contribution in [-0.4, -0.2) is 52.0 Å². The zero-order chi connectivity index (χ0) is 21.7. The van der Waals surface area contributed by atoms with Gasteiger partial charge in [0.1, 0.15) is 0 Å². The molecule has 0 unspecified atom stereocenters. The summed E-state index contributed by atoms with van der Waals surface area (Å²) in [4.78, 5) is 12.8. The average molecular weight is 436 g/mol. The lowest BCUT2D eigenvalue weighted by Gasteiger charge is -2.30. The molecule has 2 heterocycles. The number of piperidine rings is 1. The molecular formula is C20H29N5O4S. The summed E-state index contributed by atoms with van der Waals surface area (Å²) in [5.41, 5.74) is 1.76. The van der Waals surface area contributed by atoms with Crippen LogP contribution in [0.5, 0.6) is 0 Å². The predicted molar refractivity (Wildman–Crippen MR) is 110 cm³/mol. The monoisotopic (exact) mass is 435 g/mol. The molecule has 1 aliphatic heterocycles. The molecule has 1 fully saturated rings. The molecule has 1 aliphatic rings. The second-order valence-electron chi connectivity index (χ2n) is 7.73. The summed E-state index contributed by atoms with van der Waals surface area (Å²) in [7, 11) is -3.57. The minimum absolute atomic E-state index is 0.0244. The Morgan fingerprint density at radius 3 is 2.63 bits per heavy atom. The van der Waals surface area contributed by atoms with Gasteiger partial charge in [0, 0.05) is 19.6 Å². The Morgan fingerprint density at radius 1 is 1.23 bits per heavy atom. The van der Waals surface area contributed by atoms with E-state index in [2.05, 4.69) is 22.4 Å². The van der Waals surface area contributed by atoms with Crippen molar-refractivity contribution in [1.29, 1.82) is 0 Å². The molecule has 2 aromatic rings. The number of benzene rings is 1. The number of tetrazole rings is 1. The van der Waals surface area contributed by atoms with Crippen LogP contribution in [0.15, 0.2) is 23.1 Å². The molecule has 0 atom stereocenters. The fraction of sp³-hybridized carbons (Fsp3) is 0.600. The number of esters is 1. The van der Waals surface area contributed by atoms with Gasteiger partial charge in [0.15, 0.2) is 12.4 Å². The van der Waals surface area contributed by atoms with Gasteiger partial charge >= 0.3 is 5.97 Å². The Labute approximate surface area is 177 Å². The number of rotatable bonds is 8. The van der Waals surface area contributed by atoms with E-state index in [-0.39, 0.29) is 18.5 Å². The van der Waals surface area contributed by atoms with Crippen LogP contribution in [0.2, 0.25) is 0 Å². The zero-order valence-corrected chi connectivity index (χ0v) is 18.6. The van der Waals surface area contributed by atoms with Crippen LogP contribution in [0, 0.1) is 19.8 Å². The zero-order valence-electron chi connectivity index (χ0n) is 17.7. The molecule has 0 spiro atoms. The first-order valence-electron chi connectivity index (χ1n) is 10.3. The number of unbranched alkanes of at least 4 members (excludes halogenated alkanes) is 1. The van der Waals surface area contributed by atoms with E-state index >= 15 is 0 Å². The number of aromatic nitrogens is 4. The van der Waals surface area contributed by atoms with Crippen molar-refractivity contribution in [2.75, 3.05) is 13.1 Å². The van der Waals surface area contributed by atoms with Crippen molar-refractivity contribution in [1.82, 2.24) is 24.5 Å². The Balaban J connectivity index is 1.55. The molecule has 0 amide bonds. The minimum Gasteiger partial charge on any atom is -0.457 e. The molecule has 1 saturated heterocycles. The van der Waals surface area contributed by atoms with Gasteiger partial charge in [-0.15, -0.1) is 5.10 Å². The third-order valence-electron chi connectivity index (χ3n) is 5.41. The molecule has 0 bridgehead atoms. The normalized spacial score (nSPS) is 16.0. The van der Waals surface area contributed by atoms with Crippen molar-refractivity contribution in [2.45, 2.75) is 64.5 Å². The predicted octanol–water partition coefficient (Wildman–Crippen LogP) is 2.23. The van der Waals surface area contributed by atoms with Crippen molar-refractivity contribution >= 4 is 16.0 Å². The van der Waals surface area contributed by atoms with E-state index in [0.29, 0.717) is 43.2 Å². The molecule has 164 valence electrons. The summed E-state index contributed by atoms with van der Waals surface area (Å²) in [5, 5.41) is 11.5. The van der Waals surface area contributed by atoms with Gasteiger partial charge in [-0.2, -0.15) is 4.31 Å². The first kappa shape index (κ1) is 22.4. The van der Waals surface area contributed by atoms with Crippen LogP contribution < -0.4 is 0 Å². The maximum Gasteiger partial charge on any atom is 0.309 e. The quantitative estimate of drug-likeness (QED) is 0.585. The highest BCUT2D eigenvalue weighted by molar-refractivity contribution is 7.89. The standard InChI is InChI=1S/C20H29N5O4S/c1-4-5-10-25-19(21-22-23-25)14-29-20(26)17-8-11-24(12-9-17)30(27,28)18-7-6-15(2)13-16(18)3/h6-7,13,17H,4-5,8-12,14H2,1-3H3. The number of ether oxygens (including phenoxy) is 1. The summed E-state index contributed by atoms with van der Waals surface area (Å²) < 4.78 is 34.5. The third-order valence-corrected chi connectivity index (χ3v) is 7.47. The maximum absolute atomic E-state index is 13.0. The number of carbonyl (C=O) groups excluding carboxylic acids is 1. The van der Waals surface area contributed by atoms with E-state index in [9.17, 15) is 13.2 Å². The first-order chi connectivity index (χ1) is 14.3. The second-order valence-corrected chi connectivity index (χ2v) is 9.63. The summed E-state index contributed by atoms with van der Waals surface area (Å²) in [6, 6.07) is 5.33.